The highest BCUT2D eigenvalue weighted by molar-refractivity contribution is 5.40. The molecule has 9 nitrogen and oxygen atoms in total. The number of aryl methyl sites for hydroxylation is 2. The Labute approximate surface area is 115 Å². The predicted molar refractivity (Wildman–Crippen MR) is 72.0 cm³/mol. The van der Waals surface area contributed by atoms with Gasteiger partial charge in [0.2, 0.25) is 0 Å². The van der Waals surface area contributed by atoms with Crippen molar-refractivity contribution < 1.29 is 4.92 Å². The van der Waals surface area contributed by atoms with Gasteiger partial charge in [-0.2, -0.15) is 5.10 Å². The summed E-state index contributed by atoms with van der Waals surface area (Å²) in [4.78, 5) is 19.0. The molecule has 0 saturated carbocycles. The van der Waals surface area contributed by atoms with Crippen molar-refractivity contribution in [2.24, 2.45) is 5.84 Å². The zero-order chi connectivity index (χ0) is 14.9. The van der Waals surface area contributed by atoms with E-state index in [2.05, 4.69) is 20.5 Å². The first-order valence-corrected chi connectivity index (χ1v) is 5.92. The van der Waals surface area contributed by atoms with Crippen LogP contribution in [-0.4, -0.2) is 24.7 Å². The first-order chi connectivity index (χ1) is 9.42. The van der Waals surface area contributed by atoms with Crippen molar-refractivity contribution in [2.75, 3.05) is 5.43 Å². The standard InChI is InChI=1S/C11H15N7O2/c1-6-4-9(15-12)14-10(13-6)5-17-8(3)11(18(19)20)7(2)16-17/h4H,5,12H2,1-3H3,(H,13,14,15). The normalized spacial score (nSPS) is 10.6. The number of nitrogen functional groups attached to an aromatic ring is 1. The van der Waals surface area contributed by atoms with Gasteiger partial charge in [0.25, 0.3) is 0 Å². The van der Waals surface area contributed by atoms with E-state index in [1.165, 1.54) is 4.68 Å². The summed E-state index contributed by atoms with van der Waals surface area (Å²) in [5.74, 6) is 6.30. The number of hydrazine groups is 1. The minimum atomic E-state index is -0.432. The summed E-state index contributed by atoms with van der Waals surface area (Å²) in [6, 6.07) is 1.70. The number of aromatic nitrogens is 4. The van der Waals surface area contributed by atoms with Crippen LogP contribution in [-0.2, 0) is 6.54 Å². The molecule has 106 valence electrons. The second-order valence-electron chi connectivity index (χ2n) is 4.39. The van der Waals surface area contributed by atoms with Crippen molar-refractivity contribution in [1.82, 2.24) is 19.7 Å². The Morgan fingerprint density at radius 3 is 2.65 bits per heavy atom. The maximum atomic E-state index is 11.0. The molecule has 0 atom stereocenters. The van der Waals surface area contributed by atoms with E-state index < -0.39 is 4.92 Å². The van der Waals surface area contributed by atoms with Crippen LogP contribution in [0.1, 0.15) is 22.9 Å². The molecule has 0 bridgehead atoms. The molecule has 2 heterocycles. The summed E-state index contributed by atoms with van der Waals surface area (Å²) < 4.78 is 1.52. The van der Waals surface area contributed by atoms with E-state index in [9.17, 15) is 10.1 Å². The predicted octanol–water partition coefficient (Wildman–Crippen LogP) is 0.840. The van der Waals surface area contributed by atoms with E-state index in [0.717, 1.165) is 5.69 Å². The lowest BCUT2D eigenvalue weighted by atomic mass is 10.3. The fourth-order valence-corrected chi connectivity index (χ4v) is 2.01. The maximum absolute atomic E-state index is 11.0. The van der Waals surface area contributed by atoms with Gasteiger partial charge in [-0.3, -0.25) is 14.8 Å². The van der Waals surface area contributed by atoms with E-state index in [1.807, 2.05) is 6.92 Å². The van der Waals surface area contributed by atoms with Crippen LogP contribution in [0.3, 0.4) is 0 Å². The zero-order valence-electron chi connectivity index (χ0n) is 11.4. The van der Waals surface area contributed by atoms with Crippen LogP contribution in [0.4, 0.5) is 11.5 Å². The van der Waals surface area contributed by atoms with E-state index >= 15 is 0 Å². The second kappa shape index (κ2) is 5.21. The third-order valence-electron chi connectivity index (χ3n) is 2.87. The highest BCUT2D eigenvalue weighted by atomic mass is 16.6. The summed E-state index contributed by atoms with van der Waals surface area (Å²) in [7, 11) is 0. The molecule has 0 radical (unpaired) electrons. The lowest BCUT2D eigenvalue weighted by Crippen LogP contribution is -2.13. The lowest BCUT2D eigenvalue weighted by molar-refractivity contribution is -0.386. The number of hydrogen-bond donors (Lipinski definition) is 2. The van der Waals surface area contributed by atoms with Crippen LogP contribution < -0.4 is 11.3 Å². The Morgan fingerprint density at radius 1 is 1.40 bits per heavy atom. The molecule has 3 N–H and O–H groups in total. The van der Waals surface area contributed by atoms with Gasteiger partial charge >= 0.3 is 5.69 Å². The molecule has 0 aliphatic carbocycles. The highest BCUT2D eigenvalue weighted by Crippen LogP contribution is 2.22. The first-order valence-electron chi connectivity index (χ1n) is 5.92. The summed E-state index contributed by atoms with van der Waals surface area (Å²) in [5.41, 5.74) is 4.07. The molecule has 0 fully saturated rings. The molecule has 0 aliphatic rings. The van der Waals surface area contributed by atoms with Gasteiger partial charge in [-0.05, 0) is 20.8 Å². The summed E-state index contributed by atoms with van der Waals surface area (Å²) in [6.45, 7) is 5.31. The molecule has 20 heavy (non-hydrogen) atoms. The van der Waals surface area contributed by atoms with Crippen molar-refractivity contribution in [3.05, 3.63) is 39.1 Å². The first kappa shape index (κ1) is 13.9. The van der Waals surface area contributed by atoms with Crippen LogP contribution in [0.15, 0.2) is 6.07 Å². The average Bonchev–Trinajstić information content (AvgIpc) is 2.63. The van der Waals surface area contributed by atoms with Crippen molar-refractivity contribution >= 4 is 11.5 Å². The topological polar surface area (TPSA) is 125 Å². The van der Waals surface area contributed by atoms with Gasteiger partial charge in [-0.25, -0.2) is 15.8 Å². The average molecular weight is 277 g/mol. The fourth-order valence-electron chi connectivity index (χ4n) is 2.01. The largest absolute Gasteiger partial charge is 0.312 e. The van der Waals surface area contributed by atoms with Crippen LogP contribution in [0.5, 0.6) is 0 Å². The Bertz CT molecular complexity index is 665. The number of nitrogens with one attached hydrogen (secondary N) is 1. The Balaban J connectivity index is 2.38. The third-order valence-corrected chi connectivity index (χ3v) is 2.87. The SMILES string of the molecule is Cc1cc(NN)nc(Cn2nc(C)c([N+](=O)[O-])c2C)n1. The number of nitrogens with two attached hydrogens (primary N) is 1. The maximum Gasteiger partial charge on any atom is 0.312 e. The lowest BCUT2D eigenvalue weighted by Gasteiger charge is -2.06. The Morgan fingerprint density at radius 2 is 2.10 bits per heavy atom. The number of rotatable bonds is 4. The second-order valence-corrected chi connectivity index (χ2v) is 4.39. The monoisotopic (exact) mass is 277 g/mol. The van der Waals surface area contributed by atoms with Crippen LogP contribution >= 0.6 is 0 Å². The third kappa shape index (κ3) is 2.57. The number of hydrogen-bond acceptors (Lipinski definition) is 7. The van der Waals surface area contributed by atoms with Gasteiger partial charge in [-0.1, -0.05) is 0 Å². The quantitative estimate of drug-likeness (QED) is 0.482. The summed E-state index contributed by atoms with van der Waals surface area (Å²) >= 11 is 0. The van der Waals surface area contributed by atoms with Crippen LogP contribution in [0.25, 0.3) is 0 Å². The van der Waals surface area contributed by atoms with E-state index in [1.54, 1.807) is 19.9 Å². The molecule has 0 aromatic carbocycles. The number of nitrogens with zero attached hydrogens (tertiary/aromatic N) is 5. The van der Waals surface area contributed by atoms with Crippen LogP contribution in [0, 0.1) is 30.9 Å². The Kier molecular flexibility index (Phi) is 3.61. The molecule has 2 aromatic heterocycles. The Hall–Kier alpha value is -2.55. The molecule has 0 aliphatic heterocycles. The summed E-state index contributed by atoms with van der Waals surface area (Å²) in [5, 5.41) is 15.1. The smallest absolute Gasteiger partial charge is 0.308 e. The van der Waals surface area contributed by atoms with Crippen LogP contribution in [0.2, 0.25) is 0 Å². The van der Waals surface area contributed by atoms with Gasteiger partial charge in [-0.15, -0.1) is 0 Å². The molecule has 0 saturated heterocycles. The molecule has 0 amide bonds. The van der Waals surface area contributed by atoms with Crippen molar-refractivity contribution in [2.45, 2.75) is 27.3 Å². The van der Waals surface area contributed by atoms with E-state index in [4.69, 9.17) is 5.84 Å². The van der Waals surface area contributed by atoms with Crippen molar-refractivity contribution in [1.29, 1.82) is 0 Å². The minimum Gasteiger partial charge on any atom is -0.308 e. The molecule has 0 spiro atoms. The van der Waals surface area contributed by atoms with E-state index in [0.29, 0.717) is 23.0 Å². The van der Waals surface area contributed by atoms with Crippen molar-refractivity contribution in [3.63, 3.8) is 0 Å². The van der Waals surface area contributed by atoms with Gasteiger partial charge < -0.3 is 5.43 Å². The van der Waals surface area contributed by atoms with Gasteiger partial charge in [0.15, 0.2) is 5.82 Å². The highest BCUT2D eigenvalue weighted by Gasteiger charge is 2.22. The molecule has 9 heteroatoms. The number of anilines is 1. The van der Waals surface area contributed by atoms with Crippen molar-refractivity contribution in [3.8, 4) is 0 Å². The molecule has 2 rings (SSSR count). The molecular weight excluding hydrogens is 262 g/mol. The minimum absolute atomic E-state index is 0.0230. The van der Waals surface area contributed by atoms with Gasteiger partial charge in [0.1, 0.15) is 23.8 Å². The summed E-state index contributed by atoms with van der Waals surface area (Å²) in [6.07, 6.45) is 0. The molecule has 2 aromatic rings. The molecular formula is C11H15N7O2. The number of nitro groups is 1. The molecule has 0 unspecified atom stereocenters. The fraction of sp³-hybridized carbons (Fsp3) is 0.364. The van der Waals surface area contributed by atoms with E-state index in [-0.39, 0.29) is 12.2 Å². The van der Waals surface area contributed by atoms with Gasteiger partial charge in [0, 0.05) is 11.8 Å². The zero-order valence-corrected chi connectivity index (χ0v) is 11.4. The van der Waals surface area contributed by atoms with Gasteiger partial charge in [0.05, 0.1) is 4.92 Å².